The Kier molecular flexibility index (Phi) is 5.52. The van der Waals surface area contributed by atoms with Crippen LogP contribution in [0.5, 0.6) is 5.75 Å². The minimum Gasteiger partial charge on any atom is -0.497 e. The van der Waals surface area contributed by atoms with Gasteiger partial charge in [-0.2, -0.15) is 18.3 Å². The Labute approximate surface area is 185 Å². The van der Waals surface area contributed by atoms with Gasteiger partial charge in [-0.25, -0.2) is 9.50 Å². The van der Waals surface area contributed by atoms with Gasteiger partial charge in [0.2, 0.25) is 0 Å². The largest absolute Gasteiger partial charge is 0.497 e. The summed E-state index contributed by atoms with van der Waals surface area (Å²) in [6, 6.07) is 13.5. The molecule has 4 rings (SSSR count). The summed E-state index contributed by atoms with van der Waals surface area (Å²) in [6.45, 7) is 1.76. The average molecular weight is 461 g/mol. The summed E-state index contributed by atoms with van der Waals surface area (Å²) in [5.41, 5.74) is 0.342. The Hall–Kier alpha value is -3.59. The van der Waals surface area contributed by atoms with E-state index in [2.05, 4.69) is 15.4 Å². The maximum atomic E-state index is 13.8. The number of aromatic nitrogens is 3. The number of nitrogens with zero attached hydrogens (tertiary/aromatic N) is 3. The predicted octanol–water partition coefficient (Wildman–Crippen LogP) is 5.64. The van der Waals surface area contributed by atoms with E-state index < -0.39 is 17.8 Å². The molecule has 164 valence electrons. The molecule has 0 aliphatic heterocycles. The SMILES string of the molecule is COc1ccc(-c2cc(C(F)(F)F)n3nc(C(=O)Nc4cc(Cl)ccc4C)cc3n2)cc1. The molecule has 1 amide bonds. The molecule has 6 nitrogen and oxygen atoms in total. The first-order valence-electron chi connectivity index (χ1n) is 9.35. The van der Waals surface area contributed by atoms with Crippen LogP contribution in [-0.2, 0) is 6.18 Å². The summed E-state index contributed by atoms with van der Waals surface area (Å²) in [4.78, 5) is 17.0. The van der Waals surface area contributed by atoms with Crippen LogP contribution >= 0.6 is 11.6 Å². The molecular weight excluding hydrogens is 445 g/mol. The molecule has 2 heterocycles. The lowest BCUT2D eigenvalue weighted by Gasteiger charge is -2.11. The van der Waals surface area contributed by atoms with E-state index in [9.17, 15) is 18.0 Å². The van der Waals surface area contributed by atoms with Crippen LogP contribution < -0.4 is 10.1 Å². The van der Waals surface area contributed by atoms with Gasteiger partial charge in [-0.3, -0.25) is 4.79 Å². The number of aryl methyl sites for hydroxylation is 1. The normalized spacial score (nSPS) is 11.6. The van der Waals surface area contributed by atoms with Gasteiger partial charge in [0.05, 0.1) is 12.8 Å². The van der Waals surface area contributed by atoms with E-state index in [1.165, 1.54) is 13.2 Å². The fourth-order valence-corrected chi connectivity index (χ4v) is 3.28. The van der Waals surface area contributed by atoms with Gasteiger partial charge in [0, 0.05) is 22.3 Å². The molecule has 0 radical (unpaired) electrons. The van der Waals surface area contributed by atoms with Crippen molar-refractivity contribution >= 4 is 28.8 Å². The summed E-state index contributed by atoms with van der Waals surface area (Å²) >= 11 is 5.96. The summed E-state index contributed by atoms with van der Waals surface area (Å²) in [5, 5.41) is 6.89. The van der Waals surface area contributed by atoms with E-state index in [0.29, 0.717) is 26.5 Å². The second-order valence-electron chi connectivity index (χ2n) is 6.97. The molecule has 10 heteroatoms. The number of alkyl halides is 3. The standard InChI is InChI=1S/C22H16ClF3N4O2/c1-12-3-6-14(23)9-16(12)28-21(31)18-11-20-27-17(13-4-7-15(32-2)8-5-13)10-19(22(24,25)26)30(20)29-18/h3-11H,1-2H3,(H,28,31). The molecule has 0 aliphatic rings. The van der Waals surface area contributed by atoms with E-state index in [-0.39, 0.29) is 17.0 Å². The predicted molar refractivity (Wildman–Crippen MR) is 114 cm³/mol. The quantitative estimate of drug-likeness (QED) is 0.428. The van der Waals surface area contributed by atoms with E-state index in [4.69, 9.17) is 16.3 Å². The maximum Gasteiger partial charge on any atom is 0.433 e. The molecular formula is C22H16ClF3N4O2. The van der Waals surface area contributed by atoms with E-state index in [1.807, 2.05) is 0 Å². The molecule has 0 fully saturated rings. The number of halogens is 4. The Morgan fingerprint density at radius 1 is 1.09 bits per heavy atom. The topological polar surface area (TPSA) is 68.5 Å². The van der Waals surface area contributed by atoms with Gasteiger partial charge < -0.3 is 10.1 Å². The van der Waals surface area contributed by atoms with Crippen LogP contribution in [0.15, 0.2) is 54.6 Å². The minimum atomic E-state index is -4.72. The third-order valence-corrected chi connectivity index (χ3v) is 5.02. The van der Waals surface area contributed by atoms with Crippen LogP contribution in [0.1, 0.15) is 21.7 Å². The second kappa shape index (κ2) is 8.16. The highest BCUT2D eigenvalue weighted by Gasteiger charge is 2.35. The van der Waals surface area contributed by atoms with Gasteiger partial charge in [-0.1, -0.05) is 17.7 Å². The molecule has 0 bridgehead atoms. The monoisotopic (exact) mass is 460 g/mol. The smallest absolute Gasteiger partial charge is 0.433 e. The van der Waals surface area contributed by atoms with Crippen molar-refractivity contribution in [2.24, 2.45) is 0 Å². The molecule has 0 atom stereocenters. The number of amides is 1. The number of rotatable bonds is 4. The van der Waals surface area contributed by atoms with Gasteiger partial charge in [0.25, 0.3) is 5.91 Å². The lowest BCUT2D eigenvalue weighted by Crippen LogP contribution is -2.16. The van der Waals surface area contributed by atoms with Gasteiger partial charge in [-0.05, 0) is 55.0 Å². The number of benzene rings is 2. The lowest BCUT2D eigenvalue weighted by atomic mass is 10.1. The van der Waals surface area contributed by atoms with Crippen LogP contribution in [0, 0.1) is 6.92 Å². The Bertz CT molecular complexity index is 1320. The van der Waals surface area contributed by atoms with E-state index in [0.717, 1.165) is 11.6 Å². The number of carbonyl (C=O) groups excluding carboxylic acids is 1. The summed E-state index contributed by atoms with van der Waals surface area (Å²) in [6.07, 6.45) is -4.72. The third kappa shape index (κ3) is 4.24. The number of hydrogen-bond donors (Lipinski definition) is 1. The zero-order chi connectivity index (χ0) is 23.0. The van der Waals surface area contributed by atoms with Crippen LogP contribution in [0.25, 0.3) is 16.9 Å². The maximum absolute atomic E-state index is 13.8. The van der Waals surface area contributed by atoms with E-state index >= 15 is 0 Å². The van der Waals surface area contributed by atoms with Crippen molar-refractivity contribution in [1.82, 2.24) is 14.6 Å². The van der Waals surface area contributed by atoms with Crippen molar-refractivity contribution in [3.8, 4) is 17.0 Å². The number of methoxy groups -OCH3 is 1. The molecule has 1 N–H and O–H groups in total. The van der Waals surface area contributed by atoms with Crippen molar-refractivity contribution < 1.29 is 22.7 Å². The number of anilines is 1. The Morgan fingerprint density at radius 2 is 1.81 bits per heavy atom. The third-order valence-electron chi connectivity index (χ3n) is 4.78. The first-order valence-corrected chi connectivity index (χ1v) is 9.73. The first kappa shape index (κ1) is 21.6. The van der Waals surface area contributed by atoms with Gasteiger partial charge in [-0.15, -0.1) is 0 Å². The summed E-state index contributed by atoms with van der Waals surface area (Å²) < 4.78 is 47.0. The van der Waals surface area contributed by atoms with Crippen LogP contribution in [0.2, 0.25) is 5.02 Å². The number of ether oxygens (including phenoxy) is 1. The minimum absolute atomic E-state index is 0.0880. The van der Waals surface area contributed by atoms with Gasteiger partial charge in [0.15, 0.2) is 17.0 Å². The molecule has 32 heavy (non-hydrogen) atoms. The molecule has 0 saturated heterocycles. The number of nitrogens with one attached hydrogen (secondary N) is 1. The van der Waals surface area contributed by atoms with Crippen molar-refractivity contribution in [1.29, 1.82) is 0 Å². The molecule has 0 spiro atoms. The molecule has 0 saturated carbocycles. The van der Waals surface area contributed by atoms with Crippen molar-refractivity contribution in [3.63, 3.8) is 0 Å². The van der Waals surface area contributed by atoms with Gasteiger partial charge >= 0.3 is 6.18 Å². The highest BCUT2D eigenvalue weighted by atomic mass is 35.5. The van der Waals surface area contributed by atoms with Crippen LogP contribution in [-0.4, -0.2) is 27.6 Å². The zero-order valence-corrected chi connectivity index (χ0v) is 17.6. The fourth-order valence-electron chi connectivity index (χ4n) is 3.11. The summed E-state index contributed by atoms with van der Waals surface area (Å²) in [5.74, 6) is -0.120. The zero-order valence-electron chi connectivity index (χ0n) is 16.9. The van der Waals surface area contributed by atoms with Crippen LogP contribution in [0.3, 0.4) is 0 Å². The molecule has 4 aromatic rings. The second-order valence-corrected chi connectivity index (χ2v) is 7.40. The highest BCUT2D eigenvalue weighted by Crippen LogP contribution is 2.33. The molecule has 0 unspecified atom stereocenters. The molecule has 2 aromatic carbocycles. The Balaban J connectivity index is 1.77. The van der Waals surface area contributed by atoms with E-state index in [1.54, 1.807) is 49.4 Å². The molecule has 2 aromatic heterocycles. The van der Waals surface area contributed by atoms with Crippen molar-refractivity contribution in [2.45, 2.75) is 13.1 Å². The fraction of sp³-hybridized carbons (Fsp3) is 0.136. The first-order chi connectivity index (χ1) is 15.2. The van der Waals surface area contributed by atoms with Crippen LogP contribution in [0.4, 0.5) is 18.9 Å². The van der Waals surface area contributed by atoms with Crippen molar-refractivity contribution in [3.05, 3.63) is 76.6 Å². The number of carbonyl (C=O) groups is 1. The highest BCUT2D eigenvalue weighted by molar-refractivity contribution is 6.31. The number of fused-ring (bicyclic) bond motifs is 1. The van der Waals surface area contributed by atoms with Gasteiger partial charge in [0.1, 0.15) is 5.75 Å². The average Bonchev–Trinajstić information content (AvgIpc) is 3.19. The lowest BCUT2D eigenvalue weighted by molar-refractivity contribution is -0.142. The summed E-state index contributed by atoms with van der Waals surface area (Å²) in [7, 11) is 1.49. The molecule has 0 aliphatic carbocycles. The Morgan fingerprint density at radius 3 is 2.47 bits per heavy atom. The van der Waals surface area contributed by atoms with Crippen molar-refractivity contribution in [2.75, 3.05) is 12.4 Å². The number of hydrogen-bond acceptors (Lipinski definition) is 4.